The van der Waals surface area contributed by atoms with Crippen LogP contribution >= 0.6 is 11.3 Å². The van der Waals surface area contributed by atoms with Crippen LogP contribution in [-0.4, -0.2) is 26.2 Å². The van der Waals surface area contributed by atoms with E-state index in [1.807, 2.05) is 29.6 Å². The van der Waals surface area contributed by atoms with Crippen LogP contribution in [0.5, 0.6) is 11.6 Å². The summed E-state index contributed by atoms with van der Waals surface area (Å²) in [5.41, 5.74) is 4.48. The number of aryl methyl sites for hydroxylation is 1. The van der Waals surface area contributed by atoms with Crippen LogP contribution in [-0.2, 0) is 0 Å². The molecule has 3 heterocycles. The van der Waals surface area contributed by atoms with E-state index in [4.69, 9.17) is 9.72 Å². The van der Waals surface area contributed by atoms with Crippen LogP contribution in [0, 0.1) is 6.92 Å². The van der Waals surface area contributed by atoms with E-state index >= 15 is 0 Å². The van der Waals surface area contributed by atoms with Crippen molar-refractivity contribution in [2.24, 2.45) is 0 Å². The van der Waals surface area contributed by atoms with Crippen molar-refractivity contribution in [2.75, 3.05) is 0 Å². The molecule has 1 N–H and O–H groups in total. The van der Waals surface area contributed by atoms with Gasteiger partial charge in [-0.05, 0) is 56.9 Å². The van der Waals surface area contributed by atoms with E-state index in [1.165, 1.54) is 24.2 Å². The summed E-state index contributed by atoms with van der Waals surface area (Å²) in [4.78, 5) is 13.4. The Morgan fingerprint density at radius 2 is 1.93 bits per heavy atom. The molecule has 6 heteroatoms. The van der Waals surface area contributed by atoms with Gasteiger partial charge in [0.05, 0.1) is 11.6 Å². The standard InChI is InChI=1S/C23H21N3O2S/c1-14-9-10-19(28-15-6-2-3-7-15)16(12-14)17-13-29-21-20(17)25-22(26-23(21)27)18-8-4-5-11-24-18/h4-5,8-13,15H,2-3,6-7H2,1H3,(H,25,26,27). The summed E-state index contributed by atoms with van der Waals surface area (Å²) in [7, 11) is 0. The fraction of sp³-hybridized carbons (Fsp3) is 0.261. The number of pyridine rings is 1. The van der Waals surface area contributed by atoms with Gasteiger partial charge < -0.3 is 9.84 Å². The molecule has 0 radical (unpaired) electrons. The van der Waals surface area contributed by atoms with Gasteiger partial charge in [-0.1, -0.05) is 17.7 Å². The summed E-state index contributed by atoms with van der Waals surface area (Å²) in [6.45, 7) is 2.07. The second kappa shape index (κ2) is 7.44. The monoisotopic (exact) mass is 403 g/mol. The predicted molar refractivity (Wildman–Crippen MR) is 115 cm³/mol. The number of hydrogen-bond donors (Lipinski definition) is 1. The Kier molecular flexibility index (Phi) is 4.64. The minimum absolute atomic E-state index is 0.0159. The molecule has 4 aromatic rings. The van der Waals surface area contributed by atoms with E-state index in [-0.39, 0.29) is 12.0 Å². The molecule has 1 aliphatic rings. The molecule has 1 saturated carbocycles. The molecule has 3 aromatic heterocycles. The van der Waals surface area contributed by atoms with E-state index in [2.05, 4.69) is 29.0 Å². The van der Waals surface area contributed by atoms with E-state index in [0.717, 1.165) is 40.8 Å². The van der Waals surface area contributed by atoms with Crippen LogP contribution in [0.2, 0.25) is 0 Å². The lowest BCUT2D eigenvalue weighted by Crippen LogP contribution is -2.11. The molecule has 29 heavy (non-hydrogen) atoms. The highest BCUT2D eigenvalue weighted by atomic mass is 32.1. The molecular weight excluding hydrogens is 382 g/mol. The number of aromatic hydroxyl groups is 1. The number of hydrogen-bond acceptors (Lipinski definition) is 6. The van der Waals surface area contributed by atoms with Gasteiger partial charge in [0.25, 0.3) is 0 Å². The molecule has 1 aromatic carbocycles. The lowest BCUT2D eigenvalue weighted by molar-refractivity contribution is 0.211. The van der Waals surface area contributed by atoms with Crippen molar-refractivity contribution < 1.29 is 9.84 Å². The molecule has 0 spiro atoms. The summed E-state index contributed by atoms with van der Waals surface area (Å²) in [6, 6.07) is 11.8. The Hall–Kier alpha value is -2.99. The van der Waals surface area contributed by atoms with E-state index in [9.17, 15) is 5.11 Å². The summed E-state index contributed by atoms with van der Waals surface area (Å²) < 4.78 is 7.04. The molecule has 0 saturated heterocycles. The van der Waals surface area contributed by atoms with Gasteiger partial charge in [-0.25, -0.2) is 4.98 Å². The van der Waals surface area contributed by atoms with Crippen molar-refractivity contribution in [3.8, 4) is 34.3 Å². The first-order valence-corrected chi connectivity index (χ1v) is 10.7. The van der Waals surface area contributed by atoms with E-state index < -0.39 is 0 Å². The third kappa shape index (κ3) is 3.44. The van der Waals surface area contributed by atoms with Gasteiger partial charge in [-0.3, -0.25) is 4.98 Å². The largest absolute Gasteiger partial charge is 0.492 e. The minimum Gasteiger partial charge on any atom is -0.492 e. The lowest BCUT2D eigenvalue weighted by atomic mass is 10.0. The molecule has 5 nitrogen and oxygen atoms in total. The molecular formula is C23H21N3O2S. The third-order valence-corrected chi connectivity index (χ3v) is 6.28. The lowest BCUT2D eigenvalue weighted by Gasteiger charge is -2.17. The summed E-state index contributed by atoms with van der Waals surface area (Å²) in [6.07, 6.45) is 6.62. The van der Waals surface area contributed by atoms with Crippen molar-refractivity contribution in [3.05, 3.63) is 53.5 Å². The predicted octanol–water partition coefficient (Wildman–Crippen LogP) is 5.76. The molecule has 0 bridgehead atoms. The second-order valence-electron chi connectivity index (χ2n) is 7.44. The third-order valence-electron chi connectivity index (χ3n) is 5.31. The van der Waals surface area contributed by atoms with Crippen LogP contribution in [0.1, 0.15) is 31.2 Å². The SMILES string of the molecule is Cc1ccc(OC2CCCC2)c(-c2csc3c(O)nc(-c4ccccn4)nc23)c1. The molecule has 1 fully saturated rings. The minimum atomic E-state index is -0.0159. The smallest absolute Gasteiger partial charge is 0.233 e. The van der Waals surface area contributed by atoms with Gasteiger partial charge >= 0.3 is 0 Å². The summed E-state index contributed by atoms with van der Waals surface area (Å²) >= 11 is 1.45. The highest BCUT2D eigenvalue weighted by Gasteiger charge is 2.21. The first-order chi connectivity index (χ1) is 14.2. The molecule has 146 valence electrons. The van der Waals surface area contributed by atoms with Gasteiger partial charge in [-0.15, -0.1) is 11.3 Å². The van der Waals surface area contributed by atoms with Crippen LogP contribution in [0.4, 0.5) is 0 Å². The average molecular weight is 404 g/mol. The fourth-order valence-corrected chi connectivity index (χ4v) is 4.74. The summed E-state index contributed by atoms with van der Waals surface area (Å²) in [5.74, 6) is 1.28. The zero-order valence-corrected chi connectivity index (χ0v) is 16.9. The number of rotatable bonds is 4. The zero-order chi connectivity index (χ0) is 19.8. The molecule has 1 aliphatic carbocycles. The quantitative estimate of drug-likeness (QED) is 0.469. The number of aromatic nitrogens is 3. The molecule has 0 aliphatic heterocycles. The molecule has 0 atom stereocenters. The van der Waals surface area contributed by atoms with Crippen LogP contribution in [0.3, 0.4) is 0 Å². The molecule has 0 unspecified atom stereocenters. The Bertz CT molecular complexity index is 1170. The van der Waals surface area contributed by atoms with Gasteiger partial charge in [0.1, 0.15) is 16.1 Å². The van der Waals surface area contributed by atoms with Crippen molar-refractivity contribution in [1.29, 1.82) is 0 Å². The van der Waals surface area contributed by atoms with Crippen LogP contribution in [0.25, 0.3) is 32.9 Å². The highest BCUT2D eigenvalue weighted by Crippen LogP contribution is 2.42. The number of thiophene rings is 1. The number of nitrogens with zero attached hydrogens (tertiary/aromatic N) is 3. The molecule has 0 amide bonds. The number of ether oxygens (including phenoxy) is 1. The van der Waals surface area contributed by atoms with Crippen LogP contribution in [0.15, 0.2) is 48.0 Å². The van der Waals surface area contributed by atoms with Crippen molar-refractivity contribution in [3.63, 3.8) is 0 Å². The highest BCUT2D eigenvalue weighted by molar-refractivity contribution is 7.18. The molecule has 5 rings (SSSR count). The Balaban J connectivity index is 1.65. The zero-order valence-electron chi connectivity index (χ0n) is 16.1. The van der Waals surface area contributed by atoms with Gasteiger partial charge in [0, 0.05) is 22.7 Å². The maximum absolute atomic E-state index is 10.5. The van der Waals surface area contributed by atoms with Gasteiger partial charge in [-0.2, -0.15) is 4.98 Å². The van der Waals surface area contributed by atoms with Crippen molar-refractivity contribution in [1.82, 2.24) is 15.0 Å². The van der Waals surface area contributed by atoms with Gasteiger partial charge in [0.15, 0.2) is 5.82 Å². The van der Waals surface area contributed by atoms with E-state index in [1.54, 1.807) is 6.20 Å². The normalized spacial score (nSPS) is 14.5. The topological polar surface area (TPSA) is 68.1 Å². The van der Waals surface area contributed by atoms with Crippen molar-refractivity contribution >= 4 is 21.6 Å². The van der Waals surface area contributed by atoms with Crippen LogP contribution < -0.4 is 4.74 Å². The maximum Gasteiger partial charge on any atom is 0.233 e. The average Bonchev–Trinajstić information content (AvgIpc) is 3.40. The number of benzene rings is 1. The van der Waals surface area contributed by atoms with E-state index in [0.29, 0.717) is 16.2 Å². The first kappa shape index (κ1) is 18.1. The second-order valence-corrected chi connectivity index (χ2v) is 8.32. The summed E-state index contributed by atoms with van der Waals surface area (Å²) in [5, 5.41) is 12.6. The fourth-order valence-electron chi connectivity index (χ4n) is 3.85. The first-order valence-electron chi connectivity index (χ1n) is 9.86. The Morgan fingerprint density at radius 3 is 2.72 bits per heavy atom. The number of fused-ring (bicyclic) bond motifs is 1. The maximum atomic E-state index is 10.5. The Morgan fingerprint density at radius 1 is 1.07 bits per heavy atom. The Labute approximate surface area is 173 Å². The van der Waals surface area contributed by atoms with Gasteiger partial charge in [0.2, 0.25) is 5.88 Å². The van der Waals surface area contributed by atoms with Crippen molar-refractivity contribution in [2.45, 2.75) is 38.7 Å².